The third-order valence-corrected chi connectivity index (χ3v) is 4.40. The molecule has 1 aliphatic carbocycles. The number of aliphatic hydroxyl groups excluding tert-OH is 5. The van der Waals surface area contributed by atoms with Crippen molar-refractivity contribution in [3.05, 3.63) is 29.8 Å². The summed E-state index contributed by atoms with van der Waals surface area (Å²) in [6.07, 6.45) is -4.55. The van der Waals surface area contributed by atoms with Crippen LogP contribution < -0.4 is 10.1 Å². The van der Waals surface area contributed by atoms with Crippen LogP contribution in [0.1, 0.15) is 5.56 Å². The van der Waals surface area contributed by atoms with Gasteiger partial charge in [0.2, 0.25) is 6.29 Å². The molecule has 0 heterocycles. The third kappa shape index (κ3) is 4.00. The Kier molecular flexibility index (Phi) is 6.34. The molecule has 23 heavy (non-hydrogen) atoms. The zero-order valence-corrected chi connectivity index (χ0v) is 13.0. The maximum atomic E-state index is 10.1. The Morgan fingerprint density at radius 2 is 1.74 bits per heavy atom. The summed E-state index contributed by atoms with van der Waals surface area (Å²) in [6.45, 7) is 0.368. The molecule has 0 radical (unpaired) electrons. The van der Waals surface area contributed by atoms with Crippen LogP contribution in [0.25, 0.3) is 0 Å². The van der Waals surface area contributed by atoms with E-state index in [4.69, 9.17) is 9.84 Å². The van der Waals surface area contributed by atoms with Gasteiger partial charge >= 0.3 is 0 Å². The Labute approximate surface area is 135 Å². The molecule has 130 valence electrons. The molecule has 1 fully saturated rings. The first-order chi connectivity index (χ1) is 11.0. The fraction of sp³-hybridized carbons (Fsp3) is 0.625. The molecule has 0 aromatic heterocycles. The summed E-state index contributed by atoms with van der Waals surface area (Å²) >= 11 is 0. The molecule has 7 heteroatoms. The highest BCUT2D eigenvalue weighted by Crippen LogP contribution is 2.35. The van der Waals surface area contributed by atoms with E-state index in [1.54, 1.807) is 12.1 Å². The van der Waals surface area contributed by atoms with E-state index in [0.717, 1.165) is 18.5 Å². The van der Waals surface area contributed by atoms with Crippen LogP contribution in [0.4, 0.5) is 0 Å². The van der Waals surface area contributed by atoms with Crippen molar-refractivity contribution < 1.29 is 30.3 Å². The summed E-state index contributed by atoms with van der Waals surface area (Å²) in [5, 5.41) is 52.1. The Morgan fingerprint density at radius 3 is 2.26 bits per heavy atom. The van der Waals surface area contributed by atoms with Crippen LogP contribution in [0.3, 0.4) is 0 Å². The predicted molar refractivity (Wildman–Crippen MR) is 82.8 cm³/mol. The summed E-state index contributed by atoms with van der Waals surface area (Å²) in [7, 11) is 1.88. The van der Waals surface area contributed by atoms with Crippen molar-refractivity contribution in [2.75, 3.05) is 20.2 Å². The summed E-state index contributed by atoms with van der Waals surface area (Å²) in [6, 6.07) is 7.13. The zero-order chi connectivity index (χ0) is 17.0. The fourth-order valence-corrected chi connectivity index (χ4v) is 2.95. The molecule has 0 saturated heterocycles. The lowest BCUT2D eigenvalue weighted by Gasteiger charge is -2.25. The third-order valence-electron chi connectivity index (χ3n) is 4.40. The van der Waals surface area contributed by atoms with E-state index in [0.29, 0.717) is 5.75 Å². The second kappa shape index (κ2) is 8.05. The number of aliphatic hydroxyl groups is 5. The van der Waals surface area contributed by atoms with Gasteiger partial charge in [-0.2, -0.15) is 0 Å². The van der Waals surface area contributed by atoms with Crippen molar-refractivity contribution in [3.63, 3.8) is 0 Å². The summed E-state index contributed by atoms with van der Waals surface area (Å²) in [5.74, 6) is -1.60. The van der Waals surface area contributed by atoms with Gasteiger partial charge in [0.05, 0.1) is 30.8 Å². The molecule has 2 rings (SSSR count). The van der Waals surface area contributed by atoms with Crippen molar-refractivity contribution in [1.29, 1.82) is 0 Å². The van der Waals surface area contributed by atoms with Crippen molar-refractivity contribution in [1.82, 2.24) is 5.32 Å². The maximum Gasteiger partial charge on any atom is 0.205 e. The lowest BCUT2D eigenvalue weighted by molar-refractivity contribution is -0.127. The second-order valence-electron chi connectivity index (χ2n) is 5.90. The lowest BCUT2D eigenvalue weighted by atomic mass is 10.00. The molecular formula is C16H25NO6. The van der Waals surface area contributed by atoms with Crippen LogP contribution in [0.15, 0.2) is 24.3 Å². The van der Waals surface area contributed by atoms with E-state index >= 15 is 0 Å². The van der Waals surface area contributed by atoms with E-state index < -0.39 is 43.0 Å². The van der Waals surface area contributed by atoms with Crippen LogP contribution in [-0.2, 0) is 6.42 Å². The quantitative estimate of drug-likeness (QED) is 0.336. The van der Waals surface area contributed by atoms with Gasteiger partial charge in [0, 0.05) is 5.92 Å². The standard InChI is InChI=1S/C16H25NO6/c1-17-7-6-9-2-4-10(5-3-9)23-16(22)12-13(19)11(8-18)14(20)15(12)21/h2-5,11-22H,6-8H2,1H3/t11?,12?,13-,14-,15?,16-/m1/s1. The molecule has 0 spiro atoms. The lowest BCUT2D eigenvalue weighted by Crippen LogP contribution is -2.40. The van der Waals surface area contributed by atoms with Gasteiger partial charge in [-0.25, -0.2) is 0 Å². The minimum atomic E-state index is -1.49. The first kappa shape index (κ1) is 18.1. The molecule has 1 aromatic rings. The average molecular weight is 327 g/mol. The number of benzene rings is 1. The first-order valence-corrected chi connectivity index (χ1v) is 7.73. The predicted octanol–water partition coefficient (Wildman–Crippen LogP) is -1.53. The van der Waals surface area contributed by atoms with Crippen LogP contribution in [0, 0.1) is 11.8 Å². The van der Waals surface area contributed by atoms with E-state index in [-0.39, 0.29) is 0 Å². The van der Waals surface area contributed by atoms with Gasteiger partial charge in [-0.3, -0.25) is 0 Å². The highest BCUT2D eigenvalue weighted by Gasteiger charge is 2.52. The normalized spacial score (nSPS) is 32.0. The van der Waals surface area contributed by atoms with Gasteiger partial charge in [0.25, 0.3) is 0 Å². The molecule has 6 N–H and O–H groups in total. The Hall–Kier alpha value is -1.22. The van der Waals surface area contributed by atoms with Crippen LogP contribution in [0.2, 0.25) is 0 Å². The van der Waals surface area contributed by atoms with Gasteiger partial charge in [0.15, 0.2) is 0 Å². The first-order valence-electron chi connectivity index (χ1n) is 7.73. The van der Waals surface area contributed by atoms with Gasteiger partial charge in [-0.1, -0.05) is 12.1 Å². The molecular weight excluding hydrogens is 302 g/mol. The molecule has 6 atom stereocenters. The van der Waals surface area contributed by atoms with Crippen molar-refractivity contribution in [2.24, 2.45) is 11.8 Å². The molecule has 0 bridgehead atoms. The van der Waals surface area contributed by atoms with Crippen LogP contribution >= 0.6 is 0 Å². The van der Waals surface area contributed by atoms with Gasteiger partial charge < -0.3 is 35.6 Å². The monoisotopic (exact) mass is 327 g/mol. The highest BCUT2D eigenvalue weighted by molar-refractivity contribution is 5.27. The smallest absolute Gasteiger partial charge is 0.205 e. The number of likely N-dealkylation sites (N-methyl/N-ethyl adjacent to an activating group) is 1. The summed E-state index contributed by atoms with van der Waals surface area (Å²) < 4.78 is 5.37. The number of hydrogen-bond acceptors (Lipinski definition) is 7. The Morgan fingerprint density at radius 1 is 1.09 bits per heavy atom. The molecule has 1 aliphatic rings. The molecule has 1 saturated carbocycles. The average Bonchev–Trinajstić information content (AvgIpc) is 2.76. The maximum absolute atomic E-state index is 10.1. The van der Waals surface area contributed by atoms with E-state index in [1.807, 2.05) is 19.2 Å². The molecule has 0 aliphatic heterocycles. The van der Waals surface area contributed by atoms with E-state index in [1.165, 1.54) is 0 Å². The topological polar surface area (TPSA) is 122 Å². The molecule has 0 amide bonds. The summed E-state index contributed by atoms with van der Waals surface area (Å²) in [5.41, 5.74) is 1.11. The highest BCUT2D eigenvalue weighted by atomic mass is 16.6. The fourth-order valence-electron chi connectivity index (χ4n) is 2.95. The van der Waals surface area contributed by atoms with Gasteiger partial charge in [-0.05, 0) is 37.7 Å². The zero-order valence-electron chi connectivity index (χ0n) is 13.0. The minimum absolute atomic E-state index is 0.395. The Bertz CT molecular complexity index is 482. The number of ether oxygens (including phenoxy) is 1. The second-order valence-corrected chi connectivity index (χ2v) is 5.90. The van der Waals surface area contributed by atoms with E-state index in [2.05, 4.69) is 5.32 Å². The summed E-state index contributed by atoms with van der Waals surface area (Å²) in [4.78, 5) is 0. The van der Waals surface area contributed by atoms with Crippen molar-refractivity contribution >= 4 is 0 Å². The molecule has 3 unspecified atom stereocenters. The largest absolute Gasteiger partial charge is 0.465 e. The molecule has 1 aromatic carbocycles. The number of hydrogen-bond donors (Lipinski definition) is 6. The Balaban J connectivity index is 1.99. The van der Waals surface area contributed by atoms with Gasteiger partial charge in [0.1, 0.15) is 5.75 Å². The minimum Gasteiger partial charge on any atom is -0.465 e. The van der Waals surface area contributed by atoms with Crippen LogP contribution in [0.5, 0.6) is 5.75 Å². The van der Waals surface area contributed by atoms with E-state index in [9.17, 15) is 20.4 Å². The van der Waals surface area contributed by atoms with Crippen LogP contribution in [-0.4, -0.2) is 70.3 Å². The van der Waals surface area contributed by atoms with Gasteiger partial charge in [-0.15, -0.1) is 0 Å². The molecule has 7 nitrogen and oxygen atoms in total. The number of nitrogens with one attached hydrogen (secondary N) is 1. The number of rotatable bonds is 7. The SMILES string of the molecule is CNCCc1ccc(O[C@@H](O)C2C(O)[C@H](O)C(CO)[C@H]2O)cc1. The van der Waals surface area contributed by atoms with Crippen molar-refractivity contribution in [2.45, 2.75) is 31.0 Å². The van der Waals surface area contributed by atoms with Crippen molar-refractivity contribution in [3.8, 4) is 5.75 Å².